The number of nitrogens with one attached hydrogen (secondary N) is 1. The van der Waals surface area contributed by atoms with Gasteiger partial charge in [-0.05, 0) is 44.2 Å². The van der Waals surface area contributed by atoms with E-state index in [-0.39, 0.29) is 6.03 Å². The van der Waals surface area contributed by atoms with Gasteiger partial charge in [-0.1, -0.05) is 18.2 Å². The standard InChI is InChI=1S/C21H31N5O/c1-24(19-8-3-2-4-9-19)14-7-12-23-21(27)26-15-6-5-10-20(26)11-16-25-17-13-22-18-25/h2-4,8-9,13,17-18,20H,5-7,10-12,14-16H2,1H3,(H,23,27)/t20-/m0/s1. The summed E-state index contributed by atoms with van der Waals surface area (Å²) in [4.78, 5) is 21.0. The van der Waals surface area contributed by atoms with Crippen LogP contribution in [0.3, 0.4) is 0 Å². The third-order valence-corrected chi connectivity index (χ3v) is 5.31. The van der Waals surface area contributed by atoms with Crippen molar-refractivity contribution in [2.45, 2.75) is 44.7 Å². The minimum atomic E-state index is 0.0905. The second-order valence-corrected chi connectivity index (χ2v) is 7.27. The van der Waals surface area contributed by atoms with E-state index in [1.54, 1.807) is 6.20 Å². The summed E-state index contributed by atoms with van der Waals surface area (Å²) < 4.78 is 2.09. The lowest BCUT2D eigenvalue weighted by Gasteiger charge is -2.36. The SMILES string of the molecule is CN(CCCNC(=O)N1CCCC[C@H]1CCn1ccnc1)c1ccccc1. The monoisotopic (exact) mass is 369 g/mol. The van der Waals surface area contributed by atoms with Gasteiger partial charge in [0.15, 0.2) is 0 Å². The van der Waals surface area contributed by atoms with Crippen molar-refractivity contribution in [3.63, 3.8) is 0 Å². The molecule has 2 aromatic rings. The average molecular weight is 370 g/mol. The van der Waals surface area contributed by atoms with E-state index in [0.717, 1.165) is 45.3 Å². The van der Waals surface area contributed by atoms with Gasteiger partial charge in [0.05, 0.1) is 6.33 Å². The highest BCUT2D eigenvalue weighted by atomic mass is 16.2. The van der Waals surface area contributed by atoms with Crippen molar-refractivity contribution < 1.29 is 4.79 Å². The first-order chi connectivity index (χ1) is 13.2. The predicted octanol–water partition coefficient (Wildman–Crippen LogP) is 3.36. The number of anilines is 1. The van der Waals surface area contributed by atoms with Crippen LogP contribution in [0.1, 0.15) is 32.1 Å². The zero-order chi connectivity index (χ0) is 18.9. The Balaban J connectivity index is 1.40. The van der Waals surface area contributed by atoms with Gasteiger partial charge in [-0.15, -0.1) is 0 Å². The second kappa shape index (κ2) is 10.00. The van der Waals surface area contributed by atoms with Crippen LogP contribution in [0.25, 0.3) is 0 Å². The minimum Gasteiger partial charge on any atom is -0.375 e. The van der Waals surface area contributed by atoms with E-state index in [0.29, 0.717) is 12.6 Å². The van der Waals surface area contributed by atoms with Crippen molar-refractivity contribution in [2.24, 2.45) is 0 Å². The Bertz CT molecular complexity index is 673. The maximum atomic E-state index is 12.7. The number of aryl methyl sites for hydroxylation is 1. The van der Waals surface area contributed by atoms with Crippen molar-refractivity contribution in [3.8, 4) is 0 Å². The number of likely N-dealkylation sites (tertiary alicyclic amines) is 1. The van der Waals surface area contributed by atoms with Crippen LogP contribution < -0.4 is 10.2 Å². The third kappa shape index (κ3) is 5.74. The first-order valence-corrected chi connectivity index (χ1v) is 10.0. The summed E-state index contributed by atoms with van der Waals surface area (Å²) in [6, 6.07) is 10.8. The van der Waals surface area contributed by atoms with Crippen LogP contribution in [0.4, 0.5) is 10.5 Å². The highest BCUT2D eigenvalue weighted by Gasteiger charge is 2.26. The number of urea groups is 1. The molecule has 3 rings (SSSR count). The summed E-state index contributed by atoms with van der Waals surface area (Å²) in [5, 5.41) is 3.12. The molecule has 2 amide bonds. The molecule has 0 aliphatic carbocycles. The molecule has 6 nitrogen and oxygen atoms in total. The molecule has 0 spiro atoms. The van der Waals surface area contributed by atoms with Crippen LogP contribution in [0.15, 0.2) is 49.1 Å². The first-order valence-electron chi connectivity index (χ1n) is 10.0. The van der Waals surface area contributed by atoms with Gasteiger partial charge >= 0.3 is 6.03 Å². The smallest absolute Gasteiger partial charge is 0.317 e. The normalized spacial score (nSPS) is 16.9. The lowest BCUT2D eigenvalue weighted by Crippen LogP contribution is -2.49. The molecule has 0 radical (unpaired) electrons. The average Bonchev–Trinajstić information content (AvgIpc) is 3.24. The number of para-hydroxylation sites is 1. The number of aromatic nitrogens is 2. The molecule has 1 aliphatic heterocycles. The van der Waals surface area contributed by atoms with Gasteiger partial charge in [0.25, 0.3) is 0 Å². The number of rotatable bonds is 8. The molecule has 1 aliphatic rings. The summed E-state index contributed by atoms with van der Waals surface area (Å²) in [6.45, 7) is 3.41. The lowest BCUT2D eigenvalue weighted by molar-refractivity contribution is 0.144. The summed E-state index contributed by atoms with van der Waals surface area (Å²) in [5.41, 5.74) is 1.21. The van der Waals surface area contributed by atoms with E-state index in [1.807, 2.05) is 35.6 Å². The molecule has 1 N–H and O–H groups in total. The Morgan fingerprint density at radius 1 is 1.30 bits per heavy atom. The Morgan fingerprint density at radius 3 is 2.93 bits per heavy atom. The summed E-state index contributed by atoms with van der Waals surface area (Å²) >= 11 is 0. The molecule has 0 saturated carbocycles. The van der Waals surface area contributed by atoms with Crippen molar-refractivity contribution in [2.75, 3.05) is 31.6 Å². The summed E-state index contributed by atoms with van der Waals surface area (Å²) in [6.07, 6.45) is 11.0. The van der Waals surface area contributed by atoms with Gasteiger partial charge in [0.2, 0.25) is 0 Å². The van der Waals surface area contributed by atoms with Gasteiger partial charge in [0.1, 0.15) is 0 Å². The zero-order valence-electron chi connectivity index (χ0n) is 16.3. The van der Waals surface area contributed by atoms with Gasteiger partial charge < -0.3 is 19.7 Å². The molecule has 2 heterocycles. The molecule has 1 fully saturated rings. The molecule has 1 saturated heterocycles. The molecular formula is C21H31N5O. The fourth-order valence-electron chi connectivity index (χ4n) is 3.71. The van der Waals surface area contributed by atoms with Crippen LogP contribution in [0.2, 0.25) is 0 Å². The fourth-order valence-corrected chi connectivity index (χ4v) is 3.71. The largest absolute Gasteiger partial charge is 0.375 e. The molecule has 146 valence electrons. The molecule has 27 heavy (non-hydrogen) atoms. The maximum absolute atomic E-state index is 12.7. The zero-order valence-corrected chi connectivity index (χ0v) is 16.3. The van der Waals surface area contributed by atoms with E-state index in [2.05, 4.69) is 38.9 Å². The van der Waals surface area contributed by atoms with E-state index >= 15 is 0 Å². The highest BCUT2D eigenvalue weighted by Crippen LogP contribution is 2.20. The van der Waals surface area contributed by atoms with E-state index in [1.165, 1.54) is 12.1 Å². The first kappa shape index (κ1) is 19.3. The number of imidazole rings is 1. The van der Waals surface area contributed by atoms with Crippen molar-refractivity contribution in [1.82, 2.24) is 19.8 Å². The van der Waals surface area contributed by atoms with Crippen molar-refractivity contribution >= 4 is 11.7 Å². The fraction of sp³-hybridized carbons (Fsp3) is 0.524. The summed E-state index contributed by atoms with van der Waals surface area (Å²) in [7, 11) is 2.09. The number of nitrogens with zero attached hydrogens (tertiary/aromatic N) is 4. The molecule has 0 bridgehead atoms. The van der Waals surface area contributed by atoms with E-state index in [4.69, 9.17) is 0 Å². The van der Waals surface area contributed by atoms with Crippen LogP contribution in [0, 0.1) is 0 Å². The molecule has 1 aromatic heterocycles. The second-order valence-electron chi connectivity index (χ2n) is 7.27. The number of hydrogen-bond donors (Lipinski definition) is 1. The molecule has 1 atom stereocenters. The predicted molar refractivity (Wildman–Crippen MR) is 109 cm³/mol. The molecule has 6 heteroatoms. The van der Waals surface area contributed by atoms with Gasteiger partial charge in [-0.3, -0.25) is 0 Å². The quantitative estimate of drug-likeness (QED) is 0.726. The lowest BCUT2D eigenvalue weighted by atomic mass is 10.00. The van der Waals surface area contributed by atoms with Crippen molar-refractivity contribution in [3.05, 3.63) is 49.1 Å². The van der Waals surface area contributed by atoms with Gasteiger partial charge in [-0.25, -0.2) is 9.78 Å². The number of piperidine rings is 1. The van der Waals surface area contributed by atoms with E-state index in [9.17, 15) is 4.79 Å². The topological polar surface area (TPSA) is 53.4 Å². The van der Waals surface area contributed by atoms with Crippen LogP contribution >= 0.6 is 0 Å². The number of hydrogen-bond acceptors (Lipinski definition) is 3. The number of carbonyl (C=O) groups is 1. The number of carbonyl (C=O) groups excluding carboxylic acids is 1. The van der Waals surface area contributed by atoms with Gasteiger partial charge in [-0.2, -0.15) is 0 Å². The third-order valence-electron chi connectivity index (χ3n) is 5.31. The van der Waals surface area contributed by atoms with Crippen molar-refractivity contribution in [1.29, 1.82) is 0 Å². The maximum Gasteiger partial charge on any atom is 0.317 e. The molecule has 1 aromatic carbocycles. The van der Waals surface area contributed by atoms with Gasteiger partial charge in [0, 0.05) is 57.3 Å². The number of amides is 2. The highest BCUT2D eigenvalue weighted by molar-refractivity contribution is 5.74. The minimum absolute atomic E-state index is 0.0905. The van der Waals surface area contributed by atoms with Crippen LogP contribution in [-0.2, 0) is 6.54 Å². The Hall–Kier alpha value is -2.50. The van der Waals surface area contributed by atoms with Crippen LogP contribution in [-0.4, -0.2) is 53.2 Å². The molecular weight excluding hydrogens is 338 g/mol. The number of benzene rings is 1. The Labute approximate surface area is 162 Å². The Morgan fingerprint density at radius 2 is 2.15 bits per heavy atom. The summed E-state index contributed by atoms with van der Waals surface area (Å²) in [5.74, 6) is 0. The van der Waals surface area contributed by atoms with E-state index < -0.39 is 0 Å². The van der Waals surface area contributed by atoms with Crippen LogP contribution in [0.5, 0.6) is 0 Å². The molecule has 0 unspecified atom stereocenters. The Kier molecular flexibility index (Phi) is 7.13.